The van der Waals surface area contributed by atoms with Crippen molar-refractivity contribution in [3.63, 3.8) is 0 Å². The monoisotopic (exact) mass is 608 g/mol. The molecule has 0 saturated carbocycles. The Morgan fingerprint density at radius 3 is 2.30 bits per heavy atom. The molecule has 16 heteroatoms. The first-order chi connectivity index (χ1) is 19.0. The van der Waals surface area contributed by atoms with Gasteiger partial charge in [-0.05, 0) is 33.8 Å². The van der Waals surface area contributed by atoms with Crippen LogP contribution < -0.4 is 11.2 Å². The van der Waals surface area contributed by atoms with Crippen LogP contribution in [0.5, 0.6) is 0 Å². The van der Waals surface area contributed by atoms with Crippen molar-refractivity contribution in [3.05, 3.63) is 45.0 Å². The number of aromatic nitrogens is 2. The number of hydrogen-bond donors (Lipinski definition) is 1. The Morgan fingerprint density at radius 2 is 1.75 bits per heavy atom. The van der Waals surface area contributed by atoms with Gasteiger partial charge in [0.05, 0.1) is 45.5 Å². The minimum atomic E-state index is -3.57. The SMILES string of the molecule is COCCOC[C@@H](O[C@H](/C=C/P(=O)(OC)OC)COP(OCCC#N)N(C(C)C)C(C)C)n1ccc(=O)[nH]c1=O. The average Bonchev–Trinajstić information content (AvgIpc) is 2.91. The van der Waals surface area contributed by atoms with Crippen LogP contribution in [-0.2, 0) is 36.9 Å². The van der Waals surface area contributed by atoms with E-state index in [-0.39, 0.29) is 44.9 Å². The maximum absolute atomic E-state index is 12.7. The number of aromatic amines is 1. The highest BCUT2D eigenvalue weighted by Crippen LogP contribution is 2.49. The highest BCUT2D eigenvalue weighted by molar-refractivity contribution is 7.57. The largest absolute Gasteiger partial charge is 0.382 e. The predicted octanol–water partition coefficient (Wildman–Crippen LogP) is 3.38. The van der Waals surface area contributed by atoms with Gasteiger partial charge in [-0.1, -0.05) is 0 Å². The van der Waals surface area contributed by atoms with E-state index in [1.54, 1.807) is 0 Å². The van der Waals surface area contributed by atoms with Crippen LogP contribution >= 0.6 is 16.1 Å². The molecular formula is C24H42N4O10P2. The second-order valence-corrected chi connectivity index (χ2v) is 12.4. The van der Waals surface area contributed by atoms with Crippen LogP contribution in [0.25, 0.3) is 0 Å². The fourth-order valence-corrected chi connectivity index (χ4v) is 5.77. The number of hydrogen-bond acceptors (Lipinski definition) is 12. The summed E-state index contributed by atoms with van der Waals surface area (Å²) in [7, 11) is -1.17. The van der Waals surface area contributed by atoms with Crippen molar-refractivity contribution in [1.82, 2.24) is 14.2 Å². The Hall–Kier alpha value is -1.75. The van der Waals surface area contributed by atoms with Crippen LogP contribution in [0.15, 0.2) is 33.7 Å². The van der Waals surface area contributed by atoms with Crippen LogP contribution in [0.1, 0.15) is 40.3 Å². The lowest BCUT2D eigenvalue weighted by Crippen LogP contribution is -2.37. The van der Waals surface area contributed by atoms with Crippen LogP contribution in [0.3, 0.4) is 0 Å². The van der Waals surface area contributed by atoms with Gasteiger partial charge in [0.2, 0.25) is 0 Å². The summed E-state index contributed by atoms with van der Waals surface area (Å²) in [6.07, 6.45) is 1.01. The summed E-state index contributed by atoms with van der Waals surface area (Å²) in [5, 5.41) is 8.97. The maximum atomic E-state index is 12.7. The molecule has 0 aliphatic rings. The molecule has 0 aliphatic heterocycles. The van der Waals surface area contributed by atoms with Crippen molar-refractivity contribution in [2.75, 3.05) is 54.4 Å². The van der Waals surface area contributed by atoms with E-state index < -0.39 is 39.7 Å². The number of nitrogens with zero attached hydrogens (tertiary/aromatic N) is 3. The zero-order valence-electron chi connectivity index (χ0n) is 24.2. The molecule has 0 spiro atoms. The summed E-state index contributed by atoms with van der Waals surface area (Å²) in [4.78, 5) is 26.4. The van der Waals surface area contributed by atoms with E-state index in [9.17, 15) is 14.2 Å². The van der Waals surface area contributed by atoms with Crippen LogP contribution in [0, 0.1) is 11.3 Å². The number of rotatable bonds is 21. The van der Waals surface area contributed by atoms with E-state index in [4.69, 9.17) is 37.6 Å². The minimum Gasteiger partial charge on any atom is -0.382 e. The van der Waals surface area contributed by atoms with Gasteiger partial charge >= 0.3 is 13.3 Å². The fraction of sp³-hybridized carbons (Fsp3) is 0.708. The van der Waals surface area contributed by atoms with Gasteiger partial charge in [0.1, 0.15) is 6.10 Å². The average molecular weight is 609 g/mol. The van der Waals surface area contributed by atoms with E-state index in [1.807, 2.05) is 32.4 Å². The third-order valence-electron chi connectivity index (χ3n) is 5.19. The van der Waals surface area contributed by atoms with Crippen molar-refractivity contribution in [2.24, 2.45) is 0 Å². The van der Waals surface area contributed by atoms with Crippen molar-refractivity contribution in [2.45, 2.75) is 58.5 Å². The van der Waals surface area contributed by atoms with Crippen molar-refractivity contribution < 1.29 is 36.9 Å². The van der Waals surface area contributed by atoms with E-state index in [2.05, 4.69) is 11.1 Å². The molecule has 1 aromatic rings. The summed E-state index contributed by atoms with van der Waals surface area (Å²) in [6.45, 7) is 8.55. The van der Waals surface area contributed by atoms with Gasteiger partial charge in [0.15, 0.2) is 6.23 Å². The molecule has 1 aromatic heterocycles. The second kappa shape index (κ2) is 19.4. The van der Waals surface area contributed by atoms with E-state index in [0.29, 0.717) is 6.61 Å². The Kier molecular flexibility index (Phi) is 17.6. The number of methoxy groups -OCH3 is 1. The van der Waals surface area contributed by atoms with Gasteiger partial charge in [-0.25, -0.2) is 9.46 Å². The molecule has 0 saturated heterocycles. The number of ether oxygens (including phenoxy) is 3. The molecule has 0 fully saturated rings. The van der Waals surface area contributed by atoms with Gasteiger partial charge in [-0.15, -0.1) is 0 Å². The highest BCUT2D eigenvalue weighted by atomic mass is 31.2. The molecular weight excluding hydrogens is 566 g/mol. The molecule has 0 radical (unpaired) electrons. The maximum Gasteiger partial charge on any atom is 0.353 e. The Labute approximate surface area is 236 Å². The molecule has 0 amide bonds. The summed E-state index contributed by atoms with van der Waals surface area (Å²) in [6, 6.07) is 3.36. The molecule has 3 atom stereocenters. The van der Waals surface area contributed by atoms with Gasteiger partial charge in [-0.2, -0.15) is 5.26 Å². The lowest BCUT2D eigenvalue weighted by atomic mass is 10.3. The van der Waals surface area contributed by atoms with Gasteiger partial charge in [0, 0.05) is 51.5 Å². The highest BCUT2D eigenvalue weighted by Gasteiger charge is 2.29. The van der Waals surface area contributed by atoms with E-state index in [1.165, 1.54) is 50.1 Å². The molecule has 14 nitrogen and oxygen atoms in total. The Bertz CT molecular complexity index is 1070. The normalized spacial score (nSPS) is 14.7. The van der Waals surface area contributed by atoms with Crippen molar-refractivity contribution in [1.29, 1.82) is 5.26 Å². The fourth-order valence-electron chi connectivity index (χ4n) is 3.36. The second-order valence-electron chi connectivity index (χ2n) is 8.80. The summed E-state index contributed by atoms with van der Waals surface area (Å²) < 4.78 is 54.9. The lowest BCUT2D eigenvalue weighted by molar-refractivity contribution is -0.0969. The standard InChI is InChI=1S/C24H42N4O10P2/c1-19(2)28(20(3)4)39(36-13-8-11-25)37-17-21(10-16-40(31,33-6)34-7)38-23(18-35-15-14-32-5)27-12-9-22(29)26-24(27)30/h9-10,12,16,19-21,23H,8,13-15,17-18H2,1-7H3,(H,26,29,30)/b16-10+/t21-,23-,39?/m1/s1. The number of nitriles is 1. The molecule has 1 unspecified atom stereocenters. The smallest absolute Gasteiger partial charge is 0.353 e. The first-order valence-electron chi connectivity index (χ1n) is 12.7. The quantitative estimate of drug-likeness (QED) is 0.160. The van der Waals surface area contributed by atoms with Crippen LogP contribution in [0.4, 0.5) is 0 Å². The zero-order valence-corrected chi connectivity index (χ0v) is 26.0. The Morgan fingerprint density at radius 1 is 1.07 bits per heavy atom. The number of nitrogens with one attached hydrogen (secondary N) is 1. The molecule has 40 heavy (non-hydrogen) atoms. The van der Waals surface area contributed by atoms with Crippen molar-refractivity contribution in [3.8, 4) is 6.07 Å². The van der Waals surface area contributed by atoms with Gasteiger partial charge < -0.3 is 32.3 Å². The van der Waals surface area contributed by atoms with E-state index >= 15 is 0 Å². The predicted molar refractivity (Wildman–Crippen MR) is 150 cm³/mol. The topological polar surface area (TPSA) is 164 Å². The van der Waals surface area contributed by atoms with Crippen LogP contribution in [0.2, 0.25) is 0 Å². The molecule has 1 N–H and O–H groups in total. The molecule has 0 aliphatic carbocycles. The van der Waals surface area contributed by atoms with Crippen LogP contribution in [-0.4, -0.2) is 86.8 Å². The zero-order chi connectivity index (χ0) is 30.1. The molecule has 1 heterocycles. The molecule has 0 aromatic carbocycles. The lowest BCUT2D eigenvalue weighted by Gasteiger charge is -2.36. The minimum absolute atomic E-state index is 0.0620. The summed E-state index contributed by atoms with van der Waals surface area (Å²) in [5.41, 5.74) is -1.27. The number of H-pyrrole nitrogens is 1. The van der Waals surface area contributed by atoms with E-state index in [0.717, 1.165) is 0 Å². The molecule has 228 valence electrons. The summed E-state index contributed by atoms with van der Waals surface area (Å²) >= 11 is 0. The third kappa shape index (κ3) is 12.8. The third-order valence-corrected chi connectivity index (χ3v) is 8.82. The van der Waals surface area contributed by atoms with Crippen molar-refractivity contribution >= 4 is 16.1 Å². The van der Waals surface area contributed by atoms with Gasteiger partial charge in [0.25, 0.3) is 14.1 Å². The van der Waals surface area contributed by atoms with Gasteiger partial charge in [-0.3, -0.25) is 18.9 Å². The first kappa shape index (κ1) is 36.3. The Balaban J connectivity index is 3.36. The first-order valence-corrected chi connectivity index (χ1v) is 15.4. The summed E-state index contributed by atoms with van der Waals surface area (Å²) in [5.74, 6) is 1.24. The molecule has 1 rings (SSSR count). The molecule has 0 bridgehead atoms.